The van der Waals surface area contributed by atoms with Crippen molar-refractivity contribution in [3.8, 4) is 17.2 Å². The van der Waals surface area contributed by atoms with Crippen molar-refractivity contribution >= 4 is 11.8 Å². The first-order valence-corrected chi connectivity index (χ1v) is 9.04. The van der Waals surface area contributed by atoms with Gasteiger partial charge in [0.25, 0.3) is 5.91 Å². The van der Waals surface area contributed by atoms with Gasteiger partial charge >= 0.3 is 0 Å². The van der Waals surface area contributed by atoms with Crippen molar-refractivity contribution in [1.29, 1.82) is 5.26 Å². The van der Waals surface area contributed by atoms with E-state index < -0.39 is 11.9 Å². The van der Waals surface area contributed by atoms with Gasteiger partial charge in [0.15, 0.2) is 0 Å². The van der Waals surface area contributed by atoms with Crippen molar-refractivity contribution < 1.29 is 9.59 Å². The fraction of sp³-hybridized carbons (Fsp3) is 0.136. The molecule has 0 saturated carbocycles. The Labute approximate surface area is 168 Å². The van der Waals surface area contributed by atoms with Crippen LogP contribution in [0.3, 0.4) is 0 Å². The molecule has 7 nitrogen and oxygen atoms in total. The number of rotatable bonds is 7. The zero-order valence-corrected chi connectivity index (χ0v) is 15.6. The second-order valence-corrected chi connectivity index (χ2v) is 6.30. The first-order chi connectivity index (χ1) is 14.2. The highest BCUT2D eigenvalue weighted by molar-refractivity contribution is 5.97. The molecule has 1 heterocycles. The third-order valence-corrected chi connectivity index (χ3v) is 4.28. The molecule has 3 rings (SSSR count). The smallest absolute Gasteiger partial charge is 0.251 e. The van der Waals surface area contributed by atoms with Crippen LogP contribution in [-0.2, 0) is 11.2 Å². The van der Waals surface area contributed by atoms with Crippen LogP contribution in [0.5, 0.6) is 0 Å². The van der Waals surface area contributed by atoms with Crippen LogP contribution in [-0.4, -0.2) is 34.6 Å². The minimum absolute atomic E-state index is 0.126. The summed E-state index contributed by atoms with van der Waals surface area (Å²) in [4.78, 5) is 25.1. The summed E-state index contributed by atoms with van der Waals surface area (Å²) in [5, 5.41) is 21.7. The Morgan fingerprint density at radius 2 is 1.83 bits per heavy atom. The average Bonchev–Trinajstić information content (AvgIpc) is 2.78. The molecule has 1 aromatic heterocycles. The number of hydrogen-bond acceptors (Lipinski definition) is 5. The van der Waals surface area contributed by atoms with Gasteiger partial charge in [-0.05, 0) is 29.3 Å². The Balaban J connectivity index is 1.80. The van der Waals surface area contributed by atoms with Crippen molar-refractivity contribution in [2.75, 3.05) is 6.54 Å². The van der Waals surface area contributed by atoms with E-state index in [1.807, 2.05) is 42.5 Å². The third-order valence-electron chi connectivity index (χ3n) is 4.28. The summed E-state index contributed by atoms with van der Waals surface area (Å²) >= 11 is 0. The van der Waals surface area contributed by atoms with Gasteiger partial charge in [0.2, 0.25) is 5.91 Å². The Morgan fingerprint density at radius 1 is 1.00 bits per heavy atom. The van der Waals surface area contributed by atoms with Crippen molar-refractivity contribution in [2.24, 2.45) is 0 Å². The molecule has 0 aliphatic heterocycles. The van der Waals surface area contributed by atoms with Gasteiger partial charge in [0, 0.05) is 17.5 Å². The number of aromatic nitrogens is 2. The molecule has 2 N–H and O–H groups in total. The van der Waals surface area contributed by atoms with Gasteiger partial charge in [-0.15, -0.1) is 0 Å². The Morgan fingerprint density at radius 3 is 2.55 bits per heavy atom. The van der Waals surface area contributed by atoms with Gasteiger partial charge in [-0.25, -0.2) is 0 Å². The summed E-state index contributed by atoms with van der Waals surface area (Å²) in [6.45, 7) is -0.126. The number of carbonyl (C=O) groups is 2. The van der Waals surface area contributed by atoms with Crippen molar-refractivity contribution in [1.82, 2.24) is 20.8 Å². The van der Waals surface area contributed by atoms with E-state index in [2.05, 4.69) is 20.8 Å². The number of nitrogens with zero attached hydrogens (tertiary/aromatic N) is 3. The lowest BCUT2D eigenvalue weighted by atomic mass is 10.00. The lowest BCUT2D eigenvalue weighted by Crippen LogP contribution is -2.48. The SMILES string of the molecule is N#CCNC(=O)[C@H](Cc1cccc(-c2ccnnc2)c1)NC(=O)c1ccccc1. The largest absolute Gasteiger partial charge is 0.341 e. The number of nitriles is 1. The molecule has 3 aromatic rings. The van der Waals surface area contributed by atoms with Gasteiger partial charge < -0.3 is 10.6 Å². The molecule has 29 heavy (non-hydrogen) atoms. The first kappa shape index (κ1) is 19.7. The number of hydrogen-bond donors (Lipinski definition) is 2. The van der Waals surface area contributed by atoms with E-state index in [1.165, 1.54) is 0 Å². The highest BCUT2D eigenvalue weighted by atomic mass is 16.2. The minimum Gasteiger partial charge on any atom is -0.341 e. The number of benzene rings is 2. The standard InChI is InChI=1S/C22H19N5O2/c23-10-12-24-22(29)20(27-21(28)17-6-2-1-3-7-17)14-16-5-4-8-18(13-16)19-9-11-25-26-15-19/h1-9,11,13,15,20H,12,14H2,(H,24,29)(H,27,28)/t20-/m0/s1. The fourth-order valence-corrected chi connectivity index (χ4v) is 2.87. The molecule has 0 aliphatic rings. The average molecular weight is 385 g/mol. The van der Waals surface area contributed by atoms with E-state index in [-0.39, 0.29) is 18.9 Å². The van der Waals surface area contributed by atoms with Gasteiger partial charge in [0.1, 0.15) is 12.6 Å². The Bertz CT molecular complexity index is 1020. The normalized spacial score (nSPS) is 11.1. The summed E-state index contributed by atoms with van der Waals surface area (Å²) in [6, 6.07) is 19.2. The molecule has 2 amide bonds. The lowest BCUT2D eigenvalue weighted by molar-refractivity contribution is -0.122. The molecule has 0 saturated heterocycles. The maximum atomic E-state index is 12.5. The molecule has 0 fully saturated rings. The highest BCUT2D eigenvalue weighted by Gasteiger charge is 2.22. The van der Waals surface area contributed by atoms with Crippen LogP contribution in [0.1, 0.15) is 15.9 Å². The minimum atomic E-state index is -0.818. The van der Waals surface area contributed by atoms with E-state index in [0.717, 1.165) is 16.7 Å². The summed E-state index contributed by atoms with van der Waals surface area (Å²) in [7, 11) is 0. The molecular weight excluding hydrogens is 366 g/mol. The van der Waals surface area contributed by atoms with Crippen LogP contribution in [0.2, 0.25) is 0 Å². The van der Waals surface area contributed by atoms with E-state index in [0.29, 0.717) is 5.56 Å². The lowest BCUT2D eigenvalue weighted by Gasteiger charge is -2.18. The molecule has 0 aliphatic carbocycles. The van der Waals surface area contributed by atoms with Crippen LogP contribution >= 0.6 is 0 Å². The van der Waals surface area contributed by atoms with Crippen LogP contribution in [0.25, 0.3) is 11.1 Å². The molecule has 144 valence electrons. The third kappa shape index (κ3) is 5.47. The van der Waals surface area contributed by atoms with Crippen LogP contribution in [0.15, 0.2) is 73.1 Å². The molecule has 0 unspecified atom stereocenters. The second-order valence-electron chi connectivity index (χ2n) is 6.30. The monoisotopic (exact) mass is 385 g/mol. The Kier molecular flexibility index (Phi) is 6.63. The number of nitrogens with one attached hydrogen (secondary N) is 2. The van der Waals surface area contributed by atoms with E-state index >= 15 is 0 Å². The topological polar surface area (TPSA) is 108 Å². The first-order valence-electron chi connectivity index (χ1n) is 9.04. The van der Waals surface area contributed by atoms with Crippen molar-refractivity contribution in [3.63, 3.8) is 0 Å². The highest BCUT2D eigenvalue weighted by Crippen LogP contribution is 2.19. The fourth-order valence-electron chi connectivity index (χ4n) is 2.87. The summed E-state index contributed by atoms with van der Waals surface area (Å²) in [5.41, 5.74) is 3.16. The summed E-state index contributed by atoms with van der Waals surface area (Å²) in [6.07, 6.45) is 3.55. The van der Waals surface area contributed by atoms with Gasteiger partial charge in [0.05, 0.1) is 18.5 Å². The predicted octanol–water partition coefficient (Wildman–Crippen LogP) is 2.12. The van der Waals surface area contributed by atoms with E-state index in [4.69, 9.17) is 5.26 Å². The molecule has 0 spiro atoms. The van der Waals surface area contributed by atoms with E-state index in [1.54, 1.807) is 36.7 Å². The zero-order chi connectivity index (χ0) is 20.5. The maximum Gasteiger partial charge on any atom is 0.251 e. The molecule has 1 atom stereocenters. The van der Waals surface area contributed by atoms with Crippen molar-refractivity contribution in [2.45, 2.75) is 12.5 Å². The number of carbonyl (C=O) groups excluding carboxylic acids is 2. The van der Waals surface area contributed by atoms with E-state index in [9.17, 15) is 9.59 Å². The van der Waals surface area contributed by atoms with Gasteiger partial charge in [-0.1, -0.05) is 42.5 Å². The maximum absolute atomic E-state index is 12.5. The quantitative estimate of drug-likeness (QED) is 0.606. The molecular formula is C22H19N5O2. The van der Waals surface area contributed by atoms with Gasteiger partial charge in [-0.2, -0.15) is 15.5 Å². The molecule has 2 aromatic carbocycles. The van der Waals surface area contributed by atoms with Crippen molar-refractivity contribution in [3.05, 3.63) is 84.2 Å². The molecule has 0 radical (unpaired) electrons. The summed E-state index contributed by atoms with van der Waals surface area (Å²) in [5.74, 6) is -0.760. The number of amides is 2. The Hall–Kier alpha value is -4.05. The predicted molar refractivity (Wildman–Crippen MR) is 107 cm³/mol. The van der Waals surface area contributed by atoms with Crippen LogP contribution in [0, 0.1) is 11.3 Å². The zero-order valence-electron chi connectivity index (χ0n) is 15.6. The molecule has 0 bridgehead atoms. The molecule has 7 heteroatoms. The van der Waals surface area contributed by atoms with Crippen LogP contribution in [0.4, 0.5) is 0 Å². The van der Waals surface area contributed by atoms with Gasteiger partial charge in [-0.3, -0.25) is 9.59 Å². The summed E-state index contributed by atoms with van der Waals surface area (Å²) < 4.78 is 0. The van der Waals surface area contributed by atoms with Crippen LogP contribution < -0.4 is 10.6 Å². The second kappa shape index (κ2) is 9.76.